The number of carbonyl (C=O) groups excluding carboxylic acids is 1. The third kappa shape index (κ3) is 7.99. The molecule has 3 aromatic carbocycles. The number of rotatable bonds is 11. The summed E-state index contributed by atoms with van der Waals surface area (Å²) in [7, 11) is -2.04. The normalized spacial score (nSPS) is 13.0. The van der Waals surface area contributed by atoms with E-state index in [0.29, 0.717) is 23.4 Å². The molecule has 3 rings (SSSR count). The number of aliphatic hydroxyl groups is 1. The maximum Gasteiger partial charge on any atom is 0.241 e. The fourth-order valence-corrected chi connectivity index (χ4v) is 3.98. The smallest absolute Gasteiger partial charge is 0.241 e. The van der Waals surface area contributed by atoms with Gasteiger partial charge in [-0.15, -0.1) is 0 Å². The van der Waals surface area contributed by atoms with Gasteiger partial charge in [0.2, 0.25) is 15.9 Å². The molecular formula is C25H29N3O6S. The van der Waals surface area contributed by atoms with E-state index in [-0.39, 0.29) is 23.9 Å². The van der Waals surface area contributed by atoms with Crippen LogP contribution in [0, 0.1) is 0 Å². The minimum Gasteiger partial charge on any atom is -0.506 e. The lowest BCUT2D eigenvalue weighted by molar-refractivity contribution is -0.118. The van der Waals surface area contributed by atoms with Crippen LogP contribution in [0.3, 0.4) is 0 Å². The van der Waals surface area contributed by atoms with E-state index in [2.05, 4.69) is 15.4 Å². The van der Waals surface area contributed by atoms with Crippen LogP contribution in [-0.4, -0.2) is 50.5 Å². The number of phenolic OH excluding ortho intramolecular Hbond substituents is 1. The van der Waals surface area contributed by atoms with E-state index >= 15 is 0 Å². The van der Waals surface area contributed by atoms with Crippen LogP contribution >= 0.6 is 0 Å². The van der Waals surface area contributed by atoms with Crippen LogP contribution in [-0.2, 0) is 21.2 Å². The lowest BCUT2D eigenvalue weighted by Crippen LogP contribution is -2.43. The molecule has 186 valence electrons. The molecule has 0 aliphatic rings. The van der Waals surface area contributed by atoms with Crippen LogP contribution in [0.4, 0.5) is 11.4 Å². The molecule has 1 amide bonds. The first-order valence-corrected chi connectivity index (χ1v) is 12.7. The zero-order valence-electron chi connectivity index (χ0n) is 19.4. The van der Waals surface area contributed by atoms with Crippen molar-refractivity contribution in [3.8, 4) is 11.5 Å². The minimum atomic E-state index is -3.62. The average molecular weight is 500 g/mol. The Hall–Kier alpha value is -3.60. The number of anilines is 2. The zero-order chi connectivity index (χ0) is 25.4. The molecule has 0 radical (unpaired) electrons. The third-order valence-electron chi connectivity index (χ3n) is 5.22. The number of ether oxygens (including phenoxy) is 1. The monoisotopic (exact) mass is 499 g/mol. The molecule has 0 aliphatic heterocycles. The Morgan fingerprint density at radius 2 is 1.71 bits per heavy atom. The van der Waals surface area contributed by atoms with Crippen molar-refractivity contribution >= 4 is 27.3 Å². The lowest BCUT2D eigenvalue weighted by atomic mass is 10.0. The number of sulfonamides is 1. The number of aromatic hydroxyl groups is 1. The van der Waals surface area contributed by atoms with Crippen molar-refractivity contribution in [2.45, 2.75) is 18.6 Å². The highest BCUT2D eigenvalue weighted by Crippen LogP contribution is 2.28. The molecule has 9 nitrogen and oxygen atoms in total. The molecule has 0 spiro atoms. The Morgan fingerprint density at radius 1 is 1.03 bits per heavy atom. The van der Waals surface area contributed by atoms with Gasteiger partial charge in [-0.25, -0.2) is 8.42 Å². The van der Waals surface area contributed by atoms with E-state index in [1.807, 2.05) is 42.5 Å². The van der Waals surface area contributed by atoms with Gasteiger partial charge in [0, 0.05) is 12.2 Å². The molecule has 0 aliphatic carbocycles. The van der Waals surface area contributed by atoms with Gasteiger partial charge in [0.15, 0.2) is 0 Å². The molecule has 0 bridgehead atoms. The second-order valence-corrected chi connectivity index (χ2v) is 9.78. The molecule has 0 aromatic heterocycles. The van der Waals surface area contributed by atoms with Gasteiger partial charge in [-0.3, -0.25) is 9.52 Å². The highest BCUT2D eigenvalue weighted by Gasteiger charge is 2.21. The van der Waals surface area contributed by atoms with Crippen molar-refractivity contribution in [3.63, 3.8) is 0 Å². The summed E-state index contributed by atoms with van der Waals surface area (Å²) in [5, 5.41) is 26.6. The number of phenols is 1. The molecule has 35 heavy (non-hydrogen) atoms. The topological polar surface area (TPSA) is 137 Å². The lowest BCUT2D eigenvalue weighted by Gasteiger charge is -2.21. The molecule has 10 heteroatoms. The first-order valence-electron chi connectivity index (χ1n) is 10.9. The average Bonchev–Trinajstić information content (AvgIpc) is 2.83. The quantitative estimate of drug-likeness (QED) is 0.256. The summed E-state index contributed by atoms with van der Waals surface area (Å²) in [5.74, 6) is 0.163. The van der Waals surface area contributed by atoms with Crippen LogP contribution in [0.1, 0.15) is 17.2 Å². The molecular weight excluding hydrogens is 470 g/mol. The van der Waals surface area contributed by atoms with E-state index in [0.717, 1.165) is 11.8 Å². The zero-order valence-corrected chi connectivity index (χ0v) is 20.2. The van der Waals surface area contributed by atoms with Crippen molar-refractivity contribution in [1.82, 2.24) is 5.32 Å². The van der Waals surface area contributed by atoms with E-state index < -0.39 is 22.2 Å². The molecule has 0 unspecified atom stereocenters. The Bertz CT molecular complexity index is 1230. The van der Waals surface area contributed by atoms with E-state index in [4.69, 9.17) is 4.74 Å². The fourth-order valence-electron chi connectivity index (χ4n) is 3.42. The predicted octanol–water partition coefficient (Wildman–Crippen LogP) is 2.65. The van der Waals surface area contributed by atoms with E-state index in [1.165, 1.54) is 18.2 Å². The van der Waals surface area contributed by atoms with Crippen molar-refractivity contribution < 1.29 is 28.2 Å². The molecule has 3 aromatic rings. The van der Waals surface area contributed by atoms with Gasteiger partial charge in [-0.05, 0) is 53.9 Å². The van der Waals surface area contributed by atoms with E-state index in [9.17, 15) is 23.4 Å². The first-order chi connectivity index (χ1) is 16.6. The molecule has 0 saturated carbocycles. The van der Waals surface area contributed by atoms with Gasteiger partial charge >= 0.3 is 0 Å². The third-order valence-corrected chi connectivity index (χ3v) is 5.81. The second-order valence-electron chi connectivity index (χ2n) is 8.03. The van der Waals surface area contributed by atoms with Gasteiger partial charge < -0.3 is 25.6 Å². The maximum absolute atomic E-state index is 13.1. The first kappa shape index (κ1) is 26.0. The second kappa shape index (κ2) is 11.7. The SMILES string of the molecule is COc1ccc(C[C@H](NC[C@H](O)c2ccc(O)c(NS(C)(=O)=O)c2)C(=O)Nc2ccccc2)cc1. The van der Waals surface area contributed by atoms with Gasteiger partial charge in [0.05, 0.1) is 31.2 Å². The van der Waals surface area contributed by atoms with Gasteiger partial charge in [-0.1, -0.05) is 36.4 Å². The summed E-state index contributed by atoms with van der Waals surface area (Å²) in [6.45, 7) is 0.00607. The number of para-hydroxylation sites is 1. The van der Waals surface area contributed by atoms with Gasteiger partial charge in [0.1, 0.15) is 11.5 Å². The molecule has 5 N–H and O–H groups in total. The Balaban J connectivity index is 1.74. The number of nitrogens with one attached hydrogen (secondary N) is 3. The van der Waals surface area contributed by atoms with Gasteiger partial charge in [-0.2, -0.15) is 0 Å². The summed E-state index contributed by atoms with van der Waals surface area (Å²) in [6.07, 6.45) is 0.247. The molecule has 0 heterocycles. The number of carbonyl (C=O) groups is 1. The Kier molecular flexibility index (Phi) is 8.69. The van der Waals surface area contributed by atoms with Crippen molar-refractivity contribution in [2.24, 2.45) is 0 Å². The number of aliphatic hydroxyl groups excluding tert-OH is 1. The van der Waals surface area contributed by atoms with Crippen LogP contribution in [0.25, 0.3) is 0 Å². The number of benzene rings is 3. The highest BCUT2D eigenvalue weighted by molar-refractivity contribution is 7.92. The van der Waals surface area contributed by atoms with E-state index in [1.54, 1.807) is 19.2 Å². The Labute approximate surface area is 204 Å². The molecule has 0 saturated heterocycles. The standard InChI is InChI=1S/C25H29N3O6S/c1-34-20-11-8-17(9-12-20)14-22(25(31)27-19-6-4-3-5-7-19)26-16-24(30)18-10-13-23(29)21(15-18)28-35(2,32)33/h3-13,15,22,24,26,28-30H,14,16H2,1-2H3,(H,27,31)/t22-,24-/m0/s1. The van der Waals surface area contributed by atoms with Crippen LogP contribution < -0.4 is 20.1 Å². The van der Waals surface area contributed by atoms with Crippen molar-refractivity contribution in [3.05, 3.63) is 83.9 Å². The predicted molar refractivity (Wildman–Crippen MR) is 135 cm³/mol. The summed E-state index contributed by atoms with van der Waals surface area (Å²) >= 11 is 0. The van der Waals surface area contributed by atoms with Crippen LogP contribution in [0.5, 0.6) is 11.5 Å². The number of methoxy groups -OCH3 is 1. The summed E-state index contributed by atoms with van der Waals surface area (Å²) in [4.78, 5) is 13.1. The van der Waals surface area contributed by atoms with Crippen molar-refractivity contribution in [2.75, 3.05) is 29.9 Å². The van der Waals surface area contributed by atoms with Crippen molar-refractivity contribution in [1.29, 1.82) is 0 Å². The maximum atomic E-state index is 13.1. The van der Waals surface area contributed by atoms with Crippen LogP contribution in [0.15, 0.2) is 72.8 Å². The Morgan fingerprint density at radius 3 is 2.34 bits per heavy atom. The number of amides is 1. The summed E-state index contributed by atoms with van der Waals surface area (Å²) in [5.41, 5.74) is 1.87. The van der Waals surface area contributed by atoms with Crippen LogP contribution in [0.2, 0.25) is 0 Å². The summed E-state index contributed by atoms with van der Waals surface area (Å²) < 4.78 is 30.5. The molecule has 0 fully saturated rings. The minimum absolute atomic E-state index is 0.00607. The highest BCUT2D eigenvalue weighted by atomic mass is 32.2. The molecule has 2 atom stereocenters. The largest absolute Gasteiger partial charge is 0.506 e. The van der Waals surface area contributed by atoms with Gasteiger partial charge in [0.25, 0.3) is 0 Å². The number of hydrogen-bond acceptors (Lipinski definition) is 7. The summed E-state index contributed by atoms with van der Waals surface area (Å²) in [6, 6.07) is 19.8. The fraction of sp³-hybridized carbons (Fsp3) is 0.240. The number of hydrogen-bond donors (Lipinski definition) is 5.